The fraction of sp³-hybridized carbons (Fsp3) is 0.533. The second-order valence-corrected chi connectivity index (χ2v) is 5.95. The standard InChI is InChI=1S/C15H23NO2S/c1-12(2)13-4-6-14(7-5-13)15(18)16-8-11-19-10-3-9-17/h4-7,12,17H,3,8-11H2,1-2H3,(H,16,18). The molecule has 0 atom stereocenters. The second kappa shape index (κ2) is 8.99. The third-order valence-corrected chi connectivity index (χ3v) is 3.89. The summed E-state index contributed by atoms with van der Waals surface area (Å²) in [6.45, 7) is 5.18. The monoisotopic (exact) mass is 281 g/mol. The molecule has 3 nitrogen and oxygen atoms in total. The van der Waals surface area contributed by atoms with Gasteiger partial charge in [0.2, 0.25) is 0 Å². The fourth-order valence-electron chi connectivity index (χ4n) is 1.63. The van der Waals surface area contributed by atoms with Gasteiger partial charge in [0.05, 0.1) is 0 Å². The van der Waals surface area contributed by atoms with Crippen LogP contribution in [0.25, 0.3) is 0 Å². The number of rotatable bonds is 8. The molecule has 0 aliphatic carbocycles. The van der Waals surface area contributed by atoms with Crippen molar-refractivity contribution in [2.45, 2.75) is 26.2 Å². The first-order chi connectivity index (χ1) is 9.15. The minimum absolute atomic E-state index is 0.0157. The predicted molar refractivity (Wildman–Crippen MR) is 81.9 cm³/mol. The summed E-state index contributed by atoms with van der Waals surface area (Å²) in [7, 11) is 0. The van der Waals surface area contributed by atoms with Gasteiger partial charge in [-0.05, 0) is 35.8 Å². The zero-order valence-corrected chi connectivity index (χ0v) is 12.5. The Bertz CT molecular complexity index is 376. The van der Waals surface area contributed by atoms with E-state index in [4.69, 9.17) is 5.11 Å². The summed E-state index contributed by atoms with van der Waals surface area (Å²) in [5.74, 6) is 2.30. The normalized spacial score (nSPS) is 10.7. The molecule has 0 aliphatic rings. The number of hydrogen-bond donors (Lipinski definition) is 2. The maximum Gasteiger partial charge on any atom is 0.251 e. The Labute approximate surface area is 119 Å². The minimum Gasteiger partial charge on any atom is -0.396 e. The molecule has 0 heterocycles. The zero-order valence-electron chi connectivity index (χ0n) is 11.7. The number of benzene rings is 1. The average molecular weight is 281 g/mol. The Hall–Kier alpha value is -1.00. The van der Waals surface area contributed by atoms with Gasteiger partial charge in [0.1, 0.15) is 0 Å². The molecule has 0 aliphatic heterocycles. The van der Waals surface area contributed by atoms with Crippen LogP contribution in [-0.2, 0) is 0 Å². The summed E-state index contributed by atoms with van der Waals surface area (Å²) in [4.78, 5) is 11.9. The third kappa shape index (κ3) is 6.12. The van der Waals surface area contributed by atoms with E-state index in [1.54, 1.807) is 11.8 Å². The van der Waals surface area contributed by atoms with Crippen LogP contribution in [0.1, 0.15) is 42.1 Å². The number of thioether (sulfide) groups is 1. The molecule has 0 aromatic heterocycles. The number of carbonyl (C=O) groups is 1. The molecule has 19 heavy (non-hydrogen) atoms. The van der Waals surface area contributed by atoms with E-state index in [1.165, 1.54) is 5.56 Å². The molecule has 1 amide bonds. The summed E-state index contributed by atoms with van der Waals surface area (Å²) in [6, 6.07) is 7.78. The molecule has 0 unspecified atom stereocenters. The number of aliphatic hydroxyl groups is 1. The van der Waals surface area contributed by atoms with Crippen LogP contribution in [0.3, 0.4) is 0 Å². The first-order valence-electron chi connectivity index (χ1n) is 6.72. The van der Waals surface area contributed by atoms with E-state index < -0.39 is 0 Å². The fourth-order valence-corrected chi connectivity index (χ4v) is 2.41. The maximum absolute atomic E-state index is 11.9. The Balaban J connectivity index is 2.29. The number of aliphatic hydroxyl groups excluding tert-OH is 1. The molecule has 2 N–H and O–H groups in total. The smallest absolute Gasteiger partial charge is 0.251 e. The molecule has 0 bridgehead atoms. The van der Waals surface area contributed by atoms with Gasteiger partial charge < -0.3 is 10.4 Å². The Kier molecular flexibility index (Phi) is 7.60. The summed E-state index contributed by atoms with van der Waals surface area (Å²) < 4.78 is 0. The van der Waals surface area contributed by atoms with E-state index in [9.17, 15) is 4.79 Å². The Morgan fingerprint density at radius 3 is 2.53 bits per heavy atom. The van der Waals surface area contributed by atoms with Gasteiger partial charge in [-0.2, -0.15) is 11.8 Å². The van der Waals surface area contributed by atoms with Crippen LogP contribution in [0.4, 0.5) is 0 Å². The van der Waals surface area contributed by atoms with Gasteiger partial charge in [0.15, 0.2) is 0 Å². The third-order valence-electron chi connectivity index (χ3n) is 2.82. The van der Waals surface area contributed by atoms with E-state index in [1.807, 2.05) is 24.3 Å². The van der Waals surface area contributed by atoms with Gasteiger partial charge in [0, 0.05) is 24.5 Å². The van der Waals surface area contributed by atoms with Crippen molar-refractivity contribution in [1.29, 1.82) is 0 Å². The van der Waals surface area contributed by atoms with Crippen molar-refractivity contribution in [2.75, 3.05) is 24.7 Å². The molecular formula is C15H23NO2S. The summed E-state index contributed by atoms with van der Waals surface area (Å²) in [6.07, 6.45) is 0.815. The van der Waals surface area contributed by atoms with Crippen molar-refractivity contribution >= 4 is 17.7 Å². The van der Waals surface area contributed by atoms with Crippen molar-refractivity contribution in [3.8, 4) is 0 Å². The first kappa shape index (κ1) is 16.1. The highest BCUT2D eigenvalue weighted by Gasteiger charge is 2.05. The van der Waals surface area contributed by atoms with Crippen LogP contribution in [0.2, 0.25) is 0 Å². The molecule has 1 aromatic rings. The van der Waals surface area contributed by atoms with Crippen molar-refractivity contribution in [3.63, 3.8) is 0 Å². The minimum atomic E-state index is -0.0157. The molecule has 0 radical (unpaired) electrons. The lowest BCUT2D eigenvalue weighted by atomic mass is 10.0. The zero-order chi connectivity index (χ0) is 14.1. The van der Waals surface area contributed by atoms with Crippen LogP contribution in [-0.4, -0.2) is 35.7 Å². The predicted octanol–water partition coefficient (Wildman–Crippen LogP) is 2.66. The van der Waals surface area contributed by atoms with E-state index in [-0.39, 0.29) is 12.5 Å². The van der Waals surface area contributed by atoms with Gasteiger partial charge in [0.25, 0.3) is 5.91 Å². The van der Waals surface area contributed by atoms with Crippen molar-refractivity contribution in [3.05, 3.63) is 35.4 Å². The van der Waals surface area contributed by atoms with Crippen LogP contribution < -0.4 is 5.32 Å². The van der Waals surface area contributed by atoms with Crippen LogP contribution in [0.5, 0.6) is 0 Å². The quantitative estimate of drug-likeness (QED) is 0.720. The van der Waals surface area contributed by atoms with E-state index in [0.717, 1.165) is 17.9 Å². The van der Waals surface area contributed by atoms with E-state index in [2.05, 4.69) is 19.2 Å². The summed E-state index contributed by atoms with van der Waals surface area (Å²) in [5.41, 5.74) is 1.96. The second-order valence-electron chi connectivity index (χ2n) is 4.72. The Morgan fingerprint density at radius 2 is 1.95 bits per heavy atom. The highest BCUT2D eigenvalue weighted by atomic mass is 32.2. The van der Waals surface area contributed by atoms with Crippen LogP contribution >= 0.6 is 11.8 Å². The largest absolute Gasteiger partial charge is 0.396 e. The SMILES string of the molecule is CC(C)c1ccc(C(=O)NCCSCCCO)cc1. The topological polar surface area (TPSA) is 49.3 Å². The molecule has 106 valence electrons. The van der Waals surface area contributed by atoms with Crippen molar-refractivity contribution in [2.24, 2.45) is 0 Å². The lowest BCUT2D eigenvalue weighted by Crippen LogP contribution is -2.25. The van der Waals surface area contributed by atoms with Crippen molar-refractivity contribution < 1.29 is 9.90 Å². The number of nitrogens with one attached hydrogen (secondary N) is 1. The van der Waals surface area contributed by atoms with Crippen LogP contribution in [0, 0.1) is 0 Å². The summed E-state index contributed by atoms with van der Waals surface area (Å²) in [5, 5.41) is 11.5. The molecule has 1 rings (SSSR count). The van der Waals surface area contributed by atoms with Gasteiger partial charge >= 0.3 is 0 Å². The lowest BCUT2D eigenvalue weighted by molar-refractivity contribution is 0.0956. The molecule has 0 fully saturated rings. The lowest BCUT2D eigenvalue weighted by Gasteiger charge is -2.08. The molecule has 0 saturated carbocycles. The number of hydrogen-bond acceptors (Lipinski definition) is 3. The van der Waals surface area contributed by atoms with Crippen LogP contribution in [0.15, 0.2) is 24.3 Å². The van der Waals surface area contributed by atoms with Crippen molar-refractivity contribution in [1.82, 2.24) is 5.32 Å². The molecular weight excluding hydrogens is 258 g/mol. The number of amides is 1. The summed E-state index contributed by atoms with van der Waals surface area (Å²) >= 11 is 1.75. The molecule has 4 heteroatoms. The molecule has 0 spiro atoms. The molecule has 0 saturated heterocycles. The van der Waals surface area contributed by atoms with E-state index in [0.29, 0.717) is 18.0 Å². The average Bonchev–Trinajstić information content (AvgIpc) is 2.42. The first-order valence-corrected chi connectivity index (χ1v) is 7.87. The van der Waals surface area contributed by atoms with Gasteiger partial charge in [-0.3, -0.25) is 4.79 Å². The molecule has 1 aromatic carbocycles. The maximum atomic E-state index is 11.9. The van der Waals surface area contributed by atoms with E-state index >= 15 is 0 Å². The van der Waals surface area contributed by atoms with Gasteiger partial charge in [-0.25, -0.2) is 0 Å². The highest BCUT2D eigenvalue weighted by Crippen LogP contribution is 2.14. The van der Waals surface area contributed by atoms with Gasteiger partial charge in [-0.1, -0.05) is 26.0 Å². The van der Waals surface area contributed by atoms with Gasteiger partial charge in [-0.15, -0.1) is 0 Å². The number of carbonyl (C=O) groups excluding carboxylic acids is 1. The Morgan fingerprint density at radius 1 is 1.26 bits per heavy atom. The highest BCUT2D eigenvalue weighted by molar-refractivity contribution is 7.99.